The van der Waals surface area contributed by atoms with E-state index in [1.807, 2.05) is 0 Å². The maximum absolute atomic E-state index is 6.25. The van der Waals surface area contributed by atoms with Crippen LogP contribution < -0.4 is 5.32 Å². The van der Waals surface area contributed by atoms with Gasteiger partial charge in [0.25, 0.3) is 0 Å². The predicted molar refractivity (Wildman–Crippen MR) is 138 cm³/mol. The van der Waals surface area contributed by atoms with Crippen LogP contribution in [-0.4, -0.2) is 30.1 Å². The fourth-order valence-electron chi connectivity index (χ4n) is 8.61. The van der Waals surface area contributed by atoms with Crippen LogP contribution in [0.3, 0.4) is 0 Å². The zero-order chi connectivity index (χ0) is 22.5. The Labute approximate surface area is 205 Å². The molecule has 4 bridgehead atoms. The monoisotopic (exact) mass is 462 g/mol. The number of hydrogen-bond donors (Lipinski definition) is 1. The number of hydrogen-bond acceptors (Lipinski definition) is 2. The summed E-state index contributed by atoms with van der Waals surface area (Å²) >= 11 is 6.25. The summed E-state index contributed by atoms with van der Waals surface area (Å²) in [6.07, 6.45) is 11.1. The molecule has 2 aromatic carbocycles. The third-order valence-corrected chi connectivity index (χ3v) is 10.1. The number of halogens is 1. The van der Waals surface area contributed by atoms with Gasteiger partial charge in [-0.2, -0.15) is 0 Å². The van der Waals surface area contributed by atoms with Gasteiger partial charge >= 0.3 is 0 Å². The first kappa shape index (κ1) is 22.1. The fourth-order valence-corrected chi connectivity index (χ4v) is 8.74. The molecule has 4 saturated carbocycles. The minimum atomic E-state index is 0.393. The topological polar surface area (TPSA) is 15.3 Å². The summed E-state index contributed by atoms with van der Waals surface area (Å²) < 4.78 is 0. The second-order valence-electron chi connectivity index (χ2n) is 12.0. The van der Waals surface area contributed by atoms with Gasteiger partial charge in [-0.3, -0.25) is 4.90 Å². The van der Waals surface area contributed by atoms with Crippen LogP contribution in [-0.2, 0) is 12.0 Å². The Hall–Kier alpha value is -1.35. The molecule has 0 aromatic heterocycles. The number of benzene rings is 2. The Morgan fingerprint density at radius 1 is 0.939 bits per heavy atom. The van der Waals surface area contributed by atoms with E-state index in [9.17, 15) is 0 Å². The molecular formula is C30H39ClN2. The molecule has 5 fully saturated rings. The molecule has 0 spiro atoms. The van der Waals surface area contributed by atoms with Gasteiger partial charge in [0.1, 0.15) is 0 Å². The van der Waals surface area contributed by atoms with Crippen molar-refractivity contribution in [2.75, 3.05) is 13.1 Å². The molecular weight excluding hydrogens is 424 g/mol. The molecule has 7 rings (SSSR count). The van der Waals surface area contributed by atoms with Crippen LogP contribution in [0.25, 0.3) is 0 Å². The second kappa shape index (κ2) is 8.70. The maximum Gasteiger partial charge on any atom is 0.0406 e. The predicted octanol–water partition coefficient (Wildman–Crippen LogP) is 6.82. The number of likely N-dealkylation sites (tertiary alicyclic amines) is 1. The van der Waals surface area contributed by atoms with Gasteiger partial charge in [0.2, 0.25) is 0 Å². The molecule has 0 amide bonds. The van der Waals surface area contributed by atoms with Crippen LogP contribution in [0.1, 0.15) is 69.4 Å². The molecule has 0 unspecified atom stereocenters. The van der Waals surface area contributed by atoms with Crippen molar-refractivity contribution in [3.63, 3.8) is 0 Å². The van der Waals surface area contributed by atoms with Crippen LogP contribution in [0.15, 0.2) is 54.6 Å². The van der Waals surface area contributed by atoms with Crippen molar-refractivity contribution in [1.29, 1.82) is 0 Å². The summed E-state index contributed by atoms with van der Waals surface area (Å²) in [5.41, 5.74) is 3.87. The Balaban J connectivity index is 1.12. The third-order valence-electron chi connectivity index (χ3n) is 9.80. The Bertz CT molecular complexity index is 933. The van der Waals surface area contributed by atoms with E-state index >= 15 is 0 Å². The van der Waals surface area contributed by atoms with Gasteiger partial charge in [-0.05, 0) is 117 Å². The van der Waals surface area contributed by atoms with Crippen molar-refractivity contribution in [1.82, 2.24) is 10.2 Å². The highest BCUT2D eigenvalue weighted by atomic mass is 35.5. The quantitative estimate of drug-likeness (QED) is 0.506. The summed E-state index contributed by atoms with van der Waals surface area (Å²) in [7, 11) is 0. The molecule has 1 saturated heterocycles. The molecule has 2 nitrogen and oxygen atoms in total. The average molecular weight is 463 g/mol. The van der Waals surface area contributed by atoms with E-state index in [1.165, 1.54) is 70.0 Å². The normalized spacial score (nSPS) is 35.1. The van der Waals surface area contributed by atoms with E-state index in [1.54, 1.807) is 5.56 Å². The van der Waals surface area contributed by atoms with Gasteiger partial charge in [0, 0.05) is 23.7 Å². The summed E-state index contributed by atoms with van der Waals surface area (Å²) in [5, 5.41) is 5.06. The summed E-state index contributed by atoms with van der Waals surface area (Å²) in [4.78, 5) is 2.64. The molecule has 4 aliphatic carbocycles. The lowest BCUT2D eigenvalue weighted by atomic mass is 9.41. The molecule has 1 N–H and O–H groups in total. The molecule has 0 radical (unpaired) electrons. The Morgan fingerprint density at radius 2 is 1.61 bits per heavy atom. The number of piperidine rings is 1. The molecule has 33 heavy (non-hydrogen) atoms. The number of nitrogens with zero attached hydrogens (tertiary/aromatic N) is 1. The second-order valence-corrected chi connectivity index (χ2v) is 12.5. The summed E-state index contributed by atoms with van der Waals surface area (Å²) in [6.45, 7) is 6.05. The van der Waals surface area contributed by atoms with E-state index in [0.717, 1.165) is 23.4 Å². The molecule has 5 aliphatic rings. The van der Waals surface area contributed by atoms with Crippen LogP contribution in [0, 0.1) is 17.3 Å². The van der Waals surface area contributed by atoms with Crippen molar-refractivity contribution in [3.8, 4) is 0 Å². The molecule has 2 aromatic rings. The lowest BCUT2D eigenvalue weighted by Crippen LogP contribution is -2.61. The van der Waals surface area contributed by atoms with Crippen molar-refractivity contribution >= 4 is 11.6 Å². The highest BCUT2D eigenvalue weighted by molar-refractivity contribution is 6.30. The van der Waals surface area contributed by atoms with E-state index in [-0.39, 0.29) is 0 Å². The minimum Gasteiger partial charge on any atom is -0.311 e. The molecule has 176 valence electrons. The minimum absolute atomic E-state index is 0.393. The molecule has 1 aliphatic heterocycles. The first-order valence-corrected chi connectivity index (χ1v) is 13.7. The van der Waals surface area contributed by atoms with Gasteiger partial charge in [-0.1, -0.05) is 54.1 Å². The fraction of sp³-hybridized carbons (Fsp3) is 0.600. The van der Waals surface area contributed by atoms with Crippen LogP contribution in [0.5, 0.6) is 0 Å². The highest BCUT2D eigenvalue weighted by Gasteiger charge is 2.59. The van der Waals surface area contributed by atoms with Gasteiger partial charge < -0.3 is 5.32 Å². The number of nitrogens with one attached hydrogen (secondary N) is 1. The lowest BCUT2D eigenvalue weighted by molar-refractivity contribution is -0.0904. The van der Waals surface area contributed by atoms with Gasteiger partial charge in [-0.25, -0.2) is 0 Å². The van der Waals surface area contributed by atoms with Gasteiger partial charge in [-0.15, -0.1) is 0 Å². The van der Waals surface area contributed by atoms with Crippen molar-refractivity contribution in [2.24, 2.45) is 17.3 Å². The van der Waals surface area contributed by atoms with E-state index < -0.39 is 0 Å². The maximum atomic E-state index is 6.25. The average Bonchev–Trinajstić information content (AvgIpc) is 2.80. The molecule has 1 heterocycles. The van der Waals surface area contributed by atoms with E-state index in [4.69, 9.17) is 11.6 Å². The first-order valence-electron chi connectivity index (χ1n) is 13.3. The molecule has 3 heteroatoms. The van der Waals surface area contributed by atoms with E-state index in [0.29, 0.717) is 22.9 Å². The van der Waals surface area contributed by atoms with Gasteiger partial charge in [0.15, 0.2) is 0 Å². The number of rotatable bonds is 6. The largest absolute Gasteiger partial charge is 0.311 e. The Morgan fingerprint density at radius 3 is 2.27 bits per heavy atom. The standard InChI is InChI=1S/C30H39ClN2/c1-22(32-28-11-13-33(14-12-28)20-23-5-3-2-4-6-23)29-16-24-15-25(17-29)19-30(18-24,21-29)26-7-9-27(31)10-8-26/h2-10,22,24-25,28,32H,11-21H2,1H3/t22-,24-,25-,29?,30?/m0/s1. The summed E-state index contributed by atoms with van der Waals surface area (Å²) in [5.74, 6) is 1.83. The highest BCUT2D eigenvalue weighted by Crippen LogP contribution is 2.66. The van der Waals surface area contributed by atoms with Crippen LogP contribution >= 0.6 is 11.6 Å². The van der Waals surface area contributed by atoms with E-state index in [2.05, 4.69) is 71.7 Å². The SMILES string of the molecule is C[C@H](NC1CCN(Cc2ccccc2)CC1)C12C[C@@H]3C[C@H](CC(c4ccc(Cl)cc4)(C3)C1)C2. The van der Waals surface area contributed by atoms with Crippen LogP contribution in [0.2, 0.25) is 5.02 Å². The summed E-state index contributed by atoms with van der Waals surface area (Å²) in [6, 6.07) is 21.1. The zero-order valence-electron chi connectivity index (χ0n) is 20.1. The van der Waals surface area contributed by atoms with Crippen molar-refractivity contribution in [2.45, 2.75) is 82.3 Å². The van der Waals surface area contributed by atoms with Crippen molar-refractivity contribution < 1.29 is 0 Å². The van der Waals surface area contributed by atoms with Gasteiger partial charge in [0.05, 0.1) is 0 Å². The van der Waals surface area contributed by atoms with Crippen molar-refractivity contribution in [3.05, 3.63) is 70.7 Å². The first-order chi connectivity index (χ1) is 16.0. The zero-order valence-corrected chi connectivity index (χ0v) is 20.9. The van der Waals surface area contributed by atoms with Crippen LogP contribution in [0.4, 0.5) is 0 Å². The lowest BCUT2D eigenvalue weighted by Gasteiger charge is -2.64. The Kier molecular flexibility index (Phi) is 5.84. The third kappa shape index (κ3) is 4.28. The molecule has 3 atom stereocenters. The smallest absolute Gasteiger partial charge is 0.0406 e.